The van der Waals surface area contributed by atoms with Gasteiger partial charge in [-0.1, -0.05) is 18.2 Å². The summed E-state index contributed by atoms with van der Waals surface area (Å²) >= 11 is 0. The summed E-state index contributed by atoms with van der Waals surface area (Å²) in [6, 6.07) is 6.69. The molecule has 4 nitrogen and oxygen atoms in total. The maximum absolute atomic E-state index is 13.6. The van der Waals surface area contributed by atoms with E-state index in [0.29, 0.717) is 23.7 Å². The number of nitrogens with zero attached hydrogens (tertiary/aromatic N) is 1. The van der Waals surface area contributed by atoms with Crippen LogP contribution in [0.4, 0.5) is 4.39 Å². The Hall–Kier alpha value is -0.980. The van der Waals surface area contributed by atoms with Crippen LogP contribution in [0.1, 0.15) is 24.8 Å². The average molecular weight is 341 g/mol. The highest BCUT2D eigenvalue weighted by Gasteiger charge is 2.30. The fourth-order valence-corrected chi connectivity index (χ4v) is 5.37. The van der Waals surface area contributed by atoms with Crippen molar-refractivity contribution in [3.05, 3.63) is 35.6 Å². The Labute approximate surface area is 137 Å². The van der Waals surface area contributed by atoms with Crippen molar-refractivity contribution in [1.29, 1.82) is 0 Å². The second kappa shape index (κ2) is 7.28. The van der Waals surface area contributed by atoms with Gasteiger partial charge in [-0.05, 0) is 37.8 Å². The van der Waals surface area contributed by atoms with Crippen molar-refractivity contribution in [2.75, 3.05) is 31.1 Å². The van der Waals surface area contributed by atoms with Crippen molar-refractivity contribution in [3.63, 3.8) is 0 Å². The molecule has 0 saturated carbocycles. The highest BCUT2D eigenvalue weighted by Crippen LogP contribution is 2.22. The van der Waals surface area contributed by atoms with Crippen molar-refractivity contribution in [2.24, 2.45) is 5.92 Å². The van der Waals surface area contributed by atoms with Gasteiger partial charge in [0.1, 0.15) is 5.82 Å². The zero-order valence-corrected chi connectivity index (χ0v) is 14.1. The highest BCUT2D eigenvalue weighted by molar-refractivity contribution is 7.91. The third-order valence-corrected chi connectivity index (χ3v) is 6.57. The van der Waals surface area contributed by atoms with Gasteiger partial charge in [-0.25, -0.2) is 12.8 Å². The Bertz CT molecular complexity index is 634. The van der Waals surface area contributed by atoms with Crippen LogP contribution in [0.5, 0.6) is 0 Å². The number of sulfone groups is 1. The van der Waals surface area contributed by atoms with Crippen molar-refractivity contribution in [2.45, 2.75) is 32.0 Å². The van der Waals surface area contributed by atoms with Crippen molar-refractivity contribution >= 4 is 9.84 Å². The van der Waals surface area contributed by atoms with E-state index in [9.17, 15) is 12.8 Å². The van der Waals surface area contributed by atoms with Crippen LogP contribution in [0.3, 0.4) is 0 Å². The van der Waals surface area contributed by atoms with E-state index in [2.05, 4.69) is 4.90 Å². The van der Waals surface area contributed by atoms with Crippen molar-refractivity contribution in [1.82, 2.24) is 4.90 Å². The van der Waals surface area contributed by atoms with Crippen LogP contribution in [-0.2, 0) is 21.2 Å². The van der Waals surface area contributed by atoms with Gasteiger partial charge in [-0.3, -0.25) is 0 Å². The summed E-state index contributed by atoms with van der Waals surface area (Å²) in [6.07, 6.45) is 2.90. The topological polar surface area (TPSA) is 46.6 Å². The molecular formula is C17H24FNO3S. The van der Waals surface area contributed by atoms with E-state index in [0.717, 1.165) is 38.9 Å². The van der Waals surface area contributed by atoms with E-state index in [-0.39, 0.29) is 17.8 Å². The minimum Gasteiger partial charge on any atom is -0.372 e. The predicted molar refractivity (Wildman–Crippen MR) is 87.4 cm³/mol. The van der Waals surface area contributed by atoms with Crippen LogP contribution < -0.4 is 0 Å². The third kappa shape index (κ3) is 4.75. The van der Waals surface area contributed by atoms with Crippen LogP contribution in [0.15, 0.2) is 24.3 Å². The Morgan fingerprint density at radius 2 is 2.09 bits per heavy atom. The number of ether oxygens (including phenoxy) is 1. The van der Waals surface area contributed by atoms with E-state index >= 15 is 0 Å². The van der Waals surface area contributed by atoms with Gasteiger partial charge in [-0.2, -0.15) is 0 Å². The van der Waals surface area contributed by atoms with Crippen LogP contribution in [0, 0.1) is 11.7 Å². The van der Waals surface area contributed by atoms with Gasteiger partial charge in [-0.15, -0.1) is 0 Å². The minimum absolute atomic E-state index is 0.0985. The first-order valence-corrected chi connectivity index (χ1v) is 10.1. The molecule has 0 radical (unpaired) electrons. The molecule has 2 fully saturated rings. The molecule has 0 bridgehead atoms. The molecule has 2 heterocycles. The maximum Gasteiger partial charge on any atom is 0.150 e. The van der Waals surface area contributed by atoms with E-state index in [1.165, 1.54) is 6.07 Å². The standard InChI is InChI=1S/C17H24FNO3S/c18-17-6-2-1-4-15(17)12-22-16-5-3-8-19(11-16)10-14-7-9-23(20,21)13-14/h1-2,4,6,14,16H,3,5,7-13H2/t14-,16+/m1/s1. The summed E-state index contributed by atoms with van der Waals surface area (Å²) in [6.45, 7) is 2.93. The summed E-state index contributed by atoms with van der Waals surface area (Å²) in [5, 5.41) is 0. The molecule has 1 aromatic rings. The SMILES string of the molecule is O=S1(=O)CC[C@H](CN2CCC[C@H](OCc3ccccc3F)C2)C1. The summed E-state index contributed by atoms with van der Waals surface area (Å²) < 4.78 is 42.6. The fraction of sp³-hybridized carbons (Fsp3) is 0.647. The van der Waals surface area contributed by atoms with E-state index in [1.807, 2.05) is 6.07 Å². The zero-order valence-electron chi connectivity index (χ0n) is 13.3. The van der Waals surface area contributed by atoms with Crippen molar-refractivity contribution < 1.29 is 17.5 Å². The van der Waals surface area contributed by atoms with Gasteiger partial charge >= 0.3 is 0 Å². The van der Waals surface area contributed by atoms with Gasteiger partial charge in [0.05, 0.1) is 24.2 Å². The molecule has 0 spiro atoms. The molecule has 2 saturated heterocycles. The van der Waals surface area contributed by atoms with Gasteiger partial charge < -0.3 is 9.64 Å². The molecule has 2 aliphatic rings. The first-order valence-electron chi connectivity index (χ1n) is 8.29. The molecule has 1 aromatic carbocycles. The van der Waals surface area contributed by atoms with E-state index in [4.69, 9.17) is 4.74 Å². The molecule has 23 heavy (non-hydrogen) atoms. The lowest BCUT2D eigenvalue weighted by atomic mass is 10.0. The fourth-order valence-electron chi connectivity index (χ4n) is 3.52. The normalized spacial score (nSPS) is 28.0. The first kappa shape index (κ1) is 16.9. The quantitative estimate of drug-likeness (QED) is 0.824. The lowest BCUT2D eigenvalue weighted by Gasteiger charge is -2.34. The Morgan fingerprint density at radius 3 is 2.83 bits per heavy atom. The molecular weight excluding hydrogens is 317 g/mol. The third-order valence-electron chi connectivity index (χ3n) is 4.74. The highest BCUT2D eigenvalue weighted by atomic mass is 32.2. The molecule has 0 aliphatic carbocycles. The number of hydrogen-bond donors (Lipinski definition) is 0. The lowest BCUT2D eigenvalue weighted by Crippen LogP contribution is -2.42. The number of rotatable bonds is 5. The van der Waals surface area contributed by atoms with Gasteiger partial charge in [0.15, 0.2) is 9.84 Å². The Balaban J connectivity index is 1.48. The number of piperidine rings is 1. The van der Waals surface area contributed by atoms with Gasteiger partial charge in [0.2, 0.25) is 0 Å². The van der Waals surface area contributed by atoms with E-state index < -0.39 is 9.84 Å². The summed E-state index contributed by atoms with van der Waals surface area (Å²) in [5.41, 5.74) is 0.589. The average Bonchev–Trinajstić information content (AvgIpc) is 2.86. The minimum atomic E-state index is -2.81. The molecule has 2 atom stereocenters. The monoisotopic (exact) mass is 341 g/mol. The second-order valence-electron chi connectivity index (χ2n) is 6.70. The molecule has 2 aliphatic heterocycles. The lowest BCUT2D eigenvalue weighted by molar-refractivity contribution is -0.0136. The molecule has 0 amide bonds. The van der Waals surface area contributed by atoms with Gasteiger partial charge in [0, 0.05) is 18.7 Å². The van der Waals surface area contributed by atoms with Crippen LogP contribution >= 0.6 is 0 Å². The molecule has 6 heteroatoms. The number of benzene rings is 1. The van der Waals surface area contributed by atoms with Crippen LogP contribution in [0.25, 0.3) is 0 Å². The summed E-state index contributed by atoms with van der Waals surface area (Å²) in [7, 11) is -2.81. The molecule has 0 N–H and O–H groups in total. The number of halogens is 1. The second-order valence-corrected chi connectivity index (χ2v) is 8.92. The predicted octanol–water partition coefficient (Wildman–Crippen LogP) is 2.24. The van der Waals surface area contributed by atoms with Crippen LogP contribution in [0.2, 0.25) is 0 Å². The largest absolute Gasteiger partial charge is 0.372 e. The summed E-state index contributed by atoms with van der Waals surface area (Å²) in [5.74, 6) is 0.685. The molecule has 3 rings (SSSR count). The van der Waals surface area contributed by atoms with Crippen molar-refractivity contribution in [3.8, 4) is 0 Å². The Morgan fingerprint density at radius 1 is 1.26 bits per heavy atom. The molecule has 128 valence electrons. The summed E-state index contributed by atoms with van der Waals surface area (Å²) in [4.78, 5) is 2.31. The molecule has 0 unspecified atom stereocenters. The smallest absolute Gasteiger partial charge is 0.150 e. The Kier molecular flexibility index (Phi) is 5.34. The van der Waals surface area contributed by atoms with Crippen LogP contribution in [-0.4, -0.2) is 50.6 Å². The van der Waals surface area contributed by atoms with E-state index in [1.54, 1.807) is 12.1 Å². The number of likely N-dealkylation sites (tertiary alicyclic amines) is 1. The maximum atomic E-state index is 13.6. The van der Waals surface area contributed by atoms with Gasteiger partial charge in [0.25, 0.3) is 0 Å². The molecule has 0 aromatic heterocycles. The number of hydrogen-bond acceptors (Lipinski definition) is 4. The zero-order chi connectivity index (χ0) is 16.3. The first-order chi connectivity index (χ1) is 11.0.